The van der Waals surface area contributed by atoms with Crippen LogP contribution in [0.4, 0.5) is 0 Å². The van der Waals surface area contributed by atoms with E-state index in [9.17, 15) is 0 Å². The van der Waals surface area contributed by atoms with Crippen LogP contribution in [0.15, 0.2) is 18.2 Å². The molecule has 0 fully saturated rings. The molecule has 116 valence electrons. The number of rotatable bonds is 10. The summed E-state index contributed by atoms with van der Waals surface area (Å²) in [6, 6.07) is 8.16. The number of nitrogens with one attached hydrogen (secondary N) is 1. The topological polar surface area (TPSA) is 54.3 Å². The Morgan fingerprint density at radius 1 is 1.24 bits per heavy atom. The van der Waals surface area contributed by atoms with Gasteiger partial charge in [0.15, 0.2) is 11.5 Å². The summed E-state index contributed by atoms with van der Waals surface area (Å²) >= 11 is 0. The Morgan fingerprint density at radius 3 is 2.71 bits per heavy atom. The highest BCUT2D eigenvalue weighted by Gasteiger charge is 2.06. The lowest BCUT2D eigenvalue weighted by Gasteiger charge is -2.13. The van der Waals surface area contributed by atoms with Gasteiger partial charge in [0.05, 0.1) is 19.8 Å². The third kappa shape index (κ3) is 7.01. The molecule has 0 spiro atoms. The van der Waals surface area contributed by atoms with Crippen molar-refractivity contribution in [3.8, 4) is 17.6 Å². The Morgan fingerprint density at radius 2 is 2.05 bits per heavy atom. The molecule has 1 rings (SSSR count). The fourth-order valence-corrected chi connectivity index (χ4v) is 1.94. The van der Waals surface area contributed by atoms with Crippen molar-refractivity contribution in [3.63, 3.8) is 0 Å². The first-order valence-electron chi connectivity index (χ1n) is 7.54. The van der Waals surface area contributed by atoms with Crippen molar-refractivity contribution in [1.82, 2.24) is 5.32 Å². The van der Waals surface area contributed by atoms with Gasteiger partial charge in [-0.15, -0.1) is 0 Å². The van der Waals surface area contributed by atoms with E-state index in [1.165, 1.54) is 5.56 Å². The quantitative estimate of drug-likeness (QED) is 0.670. The second kappa shape index (κ2) is 10.1. The van der Waals surface area contributed by atoms with Gasteiger partial charge in [0.25, 0.3) is 0 Å². The lowest BCUT2D eigenvalue weighted by molar-refractivity contribution is 0.286. The Labute approximate surface area is 128 Å². The number of ether oxygens (including phenoxy) is 2. The Balaban J connectivity index is 2.52. The molecule has 0 heterocycles. The van der Waals surface area contributed by atoms with Crippen molar-refractivity contribution >= 4 is 0 Å². The van der Waals surface area contributed by atoms with Crippen LogP contribution in [-0.4, -0.2) is 20.3 Å². The van der Waals surface area contributed by atoms with Crippen molar-refractivity contribution in [2.75, 3.05) is 20.3 Å². The minimum absolute atomic E-state index is 0.583. The first-order chi connectivity index (χ1) is 10.2. The molecule has 1 aromatic carbocycles. The minimum atomic E-state index is 0.583. The molecule has 0 atom stereocenters. The van der Waals surface area contributed by atoms with Crippen LogP contribution in [0.5, 0.6) is 11.5 Å². The summed E-state index contributed by atoms with van der Waals surface area (Å²) < 4.78 is 11.1. The summed E-state index contributed by atoms with van der Waals surface area (Å²) in [4.78, 5) is 0. The number of nitrogens with zero attached hydrogens (tertiary/aromatic N) is 1. The molecule has 0 radical (unpaired) electrons. The zero-order valence-corrected chi connectivity index (χ0v) is 13.3. The fraction of sp³-hybridized carbons (Fsp3) is 0.588. The molecule has 0 saturated heterocycles. The molecule has 21 heavy (non-hydrogen) atoms. The third-order valence-electron chi connectivity index (χ3n) is 3.05. The van der Waals surface area contributed by atoms with Gasteiger partial charge in [0.1, 0.15) is 0 Å². The van der Waals surface area contributed by atoms with Gasteiger partial charge in [0.2, 0.25) is 0 Å². The molecule has 0 saturated carbocycles. The van der Waals surface area contributed by atoms with Crippen molar-refractivity contribution in [3.05, 3.63) is 23.8 Å². The van der Waals surface area contributed by atoms with Crippen LogP contribution in [0, 0.1) is 17.2 Å². The second-order valence-corrected chi connectivity index (χ2v) is 5.47. The van der Waals surface area contributed by atoms with E-state index >= 15 is 0 Å². The van der Waals surface area contributed by atoms with Crippen LogP contribution in [0.25, 0.3) is 0 Å². The summed E-state index contributed by atoms with van der Waals surface area (Å²) in [7, 11) is 1.65. The Bertz CT molecular complexity index is 453. The van der Waals surface area contributed by atoms with Gasteiger partial charge in [-0.3, -0.25) is 0 Å². The van der Waals surface area contributed by atoms with Crippen LogP contribution in [-0.2, 0) is 6.54 Å². The van der Waals surface area contributed by atoms with Gasteiger partial charge >= 0.3 is 0 Å². The van der Waals surface area contributed by atoms with Gasteiger partial charge in [-0.05, 0) is 43.0 Å². The minimum Gasteiger partial charge on any atom is -0.493 e. The van der Waals surface area contributed by atoms with Gasteiger partial charge in [-0.1, -0.05) is 19.9 Å². The van der Waals surface area contributed by atoms with Crippen molar-refractivity contribution in [2.45, 2.75) is 39.7 Å². The molecular weight excluding hydrogens is 264 g/mol. The fourth-order valence-electron chi connectivity index (χ4n) is 1.94. The van der Waals surface area contributed by atoms with Crippen LogP contribution < -0.4 is 14.8 Å². The molecule has 0 aliphatic rings. The van der Waals surface area contributed by atoms with E-state index in [2.05, 4.69) is 31.3 Å². The zero-order valence-electron chi connectivity index (χ0n) is 13.3. The molecule has 0 aliphatic carbocycles. The number of hydrogen-bond donors (Lipinski definition) is 1. The summed E-state index contributed by atoms with van der Waals surface area (Å²) in [5.74, 6) is 2.17. The van der Waals surface area contributed by atoms with Gasteiger partial charge < -0.3 is 14.8 Å². The number of methoxy groups -OCH3 is 1. The average molecular weight is 290 g/mol. The molecule has 0 unspecified atom stereocenters. The molecule has 0 bridgehead atoms. The molecule has 1 N–H and O–H groups in total. The lowest BCUT2D eigenvalue weighted by atomic mass is 10.1. The summed E-state index contributed by atoms with van der Waals surface area (Å²) in [5, 5.41) is 11.9. The smallest absolute Gasteiger partial charge is 0.161 e. The monoisotopic (exact) mass is 290 g/mol. The van der Waals surface area contributed by atoms with E-state index in [-0.39, 0.29) is 0 Å². The summed E-state index contributed by atoms with van der Waals surface area (Å²) in [5.41, 5.74) is 1.18. The maximum atomic E-state index is 8.50. The maximum absolute atomic E-state index is 8.50. The van der Waals surface area contributed by atoms with E-state index in [0.717, 1.165) is 37.4 Å². The largest absolute Gasteiger partial charge is 0.493 e. The molecule has 1 aromatic rings. The van der Waals surface area contributed by atoms with E-state index < -0.39 is 0 Å². The Kier molecular flexibility index (Phi) is 8.30. The van der Waals surface area contributed by atoms with E-state index in [1.807, 2.05) is 12.1 Å². The first-order valence-corrected chi connectivity index (χ1v) is 7.54. The second-order valence-electron chi connectivity index (χ2n) is 5.47. The predicted molar refractivity (Wildman–Crippen MR) is 84.5 cm³/mol. The zero-order chi connectivity index (χ0) is 15.5. The van der Waals surface area contributed by atoms with Crippen molar-refractivity contribution in [1.29, 1.82) is 5.26 Å². The molecule has 0 amide bonds. The standard InChI is InChI=1S/C17H26N2O2/c1-14(2)12-19-13-15-7-8-16(20-3)17(11-15)21-10-6-4-5-9-18/h7-8,11,14,19H,4-6,10,12-13H2,1-3H3. The summed E-state index contributed by atoms with van der Waals surface area (Å²) in [6.45, 7) is 6.82. The predicted octanol–water partition coefficient (Wildman–Crippen LogP) is 3.51. The van der Waals surface area contributed by atoms with Gasteiger partial charge in [0, 0.05) is 13.0 Å². The third-order valence-corrected chi connectivity index (χ3v) is 3.05. The van der Waals surface area contributed by atoms with Crippen molar-refractivity contribution in [2.24, 2.45) is 5.92 Å². The molecule has 4 nitrogen and oxygen atoms in total. The average Bonchev–Trinajstić information content (AvgIpc) is 2.47. The van der Waals surface area contributed by atoms with Gasteiger partial charge in [-0.2, -0.15) is 5.26 Å². The van der Waals surface area contributed by atoms with Crippen molar-refractivity contribution < 1.29 is 9.47 Å². The highest BCUT2D eigenvalue weighted by atomic mass is 16.5. The molecule has 4 heteroatoms. The normalized spacial score (nSPS) is 10.4. The van der Waals surface area contributed by atoms with E-state index in [0.29, 0.717) is 18.9 Å². The van der Waals surface area contributed by atoms with Crippen LogP contribution >= 0.6 is 0 Å². The molecular formula is C17H26N2O2. The molecule has 0 aromatic heterocycles. The highest BCUT2D eigenvalue weighted by Crippen LogP contribution is 2.28. The number of hydrogen-bond acceptors (Lipinski definition) is 4. The van der Waals surface area contributed by atoms with Crippen LogP contribution in [0.3, 0.4) is 0 Å². The molecule has 0 aliphatic heterocycles. The van der Waals surface area contributed by atoms with Crippen LogP contribution in [0.2, 0.25) is 0 Å². The van der Waals surface area contributed by atoms with Crippen LogP contribution in [0.1, 0.15) is 38.7 Å². The number of benzene rings is 1. The lowest BCUT2D eigenvalue weighted by Crippen LogP contribution is -2.18. The van der Waals surface area contributed by atoms with E-state index in [1.54, 1.807) is 7.11 Å². The van der Waals surface area contributed by atoms with E-state index in [4.69, 9.17) is 14.7 Å². The Hall–Kier alpha value is -1.73. The maximum Gasteiger partial charge on any atom is 0.161 e. The first kappa shape index (κ1) is 17.3. The number of nitriles is 1. The van der Waals surface area contributed by atoms with Gasteiger partial charge in [-0.25, -0.2) is 0 Å². The summed E-state index contributed by atoms with van der Waals surface area (Å²) in [6.07, 6.45) is 2.33. The number of unbranched alkanes of at least 4 members (excludes halogenated alkanes) is 2. The highest BCUT2D eigenvalue weighted by molar-refractivity contribution is 5.42. The SMILES string of the molecule is COc1ccc(CNCC(C)C)cc1OCCCCC#N.